The zero-order valence-electron chi connectivity index (χ0n) is 8.85. The van der Waals surface area contributed by atoms with Gasteiger partial charge >= 0.3 is 0 Å². The molecule has 0 saturated heterocycles. The molecule has 0 spiro atoms. The molecule has 0 aromatic heterocycles. The van der Waals surface area contributed by atoms with E-state index in [-0.39, 0.29) is 5.41 Å². The number of aliphatic hydroxyl groups is 1. The standard InChI is InChI=1S/C11H22O/c1-9-7-5-6-8-11(9,12)10(2,3)4/h9,12H,5-8H2,1-4H3/t9-,11-/m0/s1. The van der Waals surface area contributed by atoms with Gasteiger partial charge < -0.3 is 5.11 Å². The van der Waals surface area contributed by atoms with Gasteiger partial charge in [-0.3, -0.25) is 0 Å². The highest BCUT2D eigenvalue weighted by Gasteiger charge is 2.45. The highest BCUT2D eigenvalue weighted by Crippen LogP contribution is 2.45. The normalized spacial score (nSPS) is 38.2. The predicted molar refractivity (Wildman–Crippen MR) is 52.0 cm³/mol. The molecule has 1 heteroatoms. The summed E-state index contributed by atoms with van der Waals surface area (Å²) in [5.41, 5.74) is -0.391. The molecule has 0 bridgehead atoms. The van der Waals surface area contributed by atoms with Crippen LogP contribution < -0.4 is 0 Å². The van der Waals surface area contributed by atoms with Gasteiger partial charge in [-0.2, -0.15) is 0 Å². The van der Waals surface area contributed by atoms with Gasteiger partial charge in [0.2, 0.25) is 0 Å². The molecule has 1 nitrogen and oxygen atoms in total. The van der Waals surface area contributed by atoms with E-state index in [4.69, 9.17) is 0 Å². The zero-order valence-corrected chi connectivity index (χ0v) is 8.85. The monoisotopic (exact) mass is 170 g/mol. The van der Waals surface area contributed by atoms with E-state index in [0.29, 0.717) is 5.92 Å². The second-order valence-corrected chi connectivity index (χ2v) is 5.32. The molecule has 0 aliphatic heterocycles. The van der Waals surface area contributed by atoms with E-state index in [1.165, 1.54) is 19.3 Å². The van der Waals surface area contributed by atoms with Crippen molar-refractivity contribution in [2.75, 3.05) is 0 Å². The lowest BCUT2D eigenvalue weighted by molar-refractivity contribution is -0.121. The summed E-state index contributed by atoms with van der Waals surface area (Å²) in [6.45, 7) is 8.63. The maximum atomic E-state index is 10.5. The van der Waals surface area contributed by atoms with E-state index in [2.05, 4.69) is 27.7 Å². The van der Waals surface area contributed by atoms with Crippen LogP contribution in [0.2, 0.25) is 0 Å². The molecule has 2 atom stereocenters. The molecule has 72 valence electrons. The minimum absolute atomic E-state index is 0.0346. The summed E-state index contributed by atoms with van der Waals surface area (Å²) >= 11 is 0. The van der Waals surface area contributed by atoms with Crippen LogP contribution in [0.15, 0.2) is 0 Å². The molecule has 0 amide bonds. The predicted octanol–water partition coefficient (Wildman–Crippen LogP) is 2.97. The molecule has 0 heterocycles. The van der Waals surface area contributed by atoms with Crippen LogP contribution in [-0.2, 0) is 0 Å². The molecule has 1 saturated carbocycles. The Morgan fingerprint density at radius 2 is 1.83 bits per heavy atom. The van der Waals surface area contributed by atoms with Gasteiger partial charge in [0, 0.05) is 0 Å². The first-order valence-electron chi connectivity index (χ1n) is 5.10. The highest BCUT2D eigenvalue weighted by atomic mass is 16.3. The second kappa shape index (κ2) is 3.02. The first-order valence-corrected chi connectivity index (χ1v) is 5.10. The lowest BCUT2D eigenvalue weighted by Crippen LogP contribution is -2.49. The molecule has 1 fully saturated rings. The van der Waals surface area contributed by atoms with Crippen molar-refractivity contribution in [3.8, 4) is 0 Å². The van der Waals surface area contributed by atoms with Crippen molar-refractivity contribution >= 4 is 0 Å². The summed E-state index contributed by atoms with van der Waals surface area (Å²) in [5.74, 6) is 0.464. The van der Waals surface area contributed by atoms with Gasteiger partial charge in [0.15, 0.2) is 0 Å². The topological polar surface area (TPSA) is 20.2 Å². The first kappa shape index (κ1) is 10.0. The van der Waals surface area contributed by atoms with Gasteiger partial charge in [-0.05, 0) is 24.2 Å². The largest absolute Gasteiger partial charge is 0.389 e. The lowest BCUT2D eigenvalue weighted by atomic mass is 9.63. The van der Waals surface area contributed by atoms with Crippen LogP contribution in [0.3, 0.4) is 0 Å². The third-order valence-electron chi connectivity index (χ3n) is 3.56. The molecule has 0 unspecified atom stereocenters. The lowest BCUT2D eigenvalue weighted by Gasteiger charge is -2.47. The van der Waals surface area contributed by atoms with Crippen LogP contribution in [0.5, 0.6) is 0 Å². The molecular weight excluding hydrogens is 148 g/mol. The Morgan fingerprint density at radius 3 is 2.17 bits per heavy atom. The van der Waals surface area contributed by atoms with Crippen molar-refractivity contribution in [2.24, 2.45) is 11.3 Å². The summed E-state index contributed by atoms with van der Waals surface area (Å²) in [5, 5.41) is 10.5. The summed E-state index contributed by atoms with van der Waals surface area (Å²) in [6.07, 6.45) is 4.66. The molecule has 0 aromatic carbocycles. The van der Waals surface area contributed by atoms with Crippen LogP contribution in [0, 0.1) is 11.3 Å². The molecule has 0 aromatic rings. The Labute approximate surface area is 76.2 Å². The van der Waals surface area contributed by atoms with Gasteiger partial charge in [0.1, 0.15) is 0 Å². The highest BCUT2D eigenvalue weighted by molar-refractivity contribution is 4.96. The molecule has 1 aliphatic rings. The number of rotatable bonds is 0. The van der Waals surface area contributed by atoms with Crippen LogP contribution >= 0.6 is 0 Å². The minimum atomic E-state index is -0.425. The van der Waals surface area contributed by atoms with Gasteiger partial charge in [-0.15, -0.1) is 0 Å². The average molecular weight is 170 g/mol. The number of hydrogen-bond donors (Lipinski definition) is 1. The van der Waals surface area contributed by atoms with Crippen molar-refractivity contribution < 1.29 is 5.11 Å². The van der Waals surface area contributed by atoms with Gasteiger partial charge in [-0.25, -0.2) is 0 Å². The molecular formula is C11H22O. The Hall–Kier alpha value is -0.0400. The van der Waals surface area contributed by atoms with E-state index in [1.807, 2.05) is 0 Å². The smallest absolute Gasteiger partial charge is 0.0721 e. The zero-order chi connectivity index (χ0) is 9.41. The van der Waals surface area contributed by atoms with E-state index in [9.17, 15) is 5.11 Å². The van der Waals surface area contributed by atoms with E-state index >= 15 is 0 Å². The molecule has 12 heavy (non-hydrogen) atoms. The minimum Gasteiger partial charge on any atom is -0.389 e. The molecule has 0 radical (unpaired) electrons. The van der Waals surface area contributed by atoms with Crippen molar-refractivity contribution in [1.82, 2.24) is 0 Å². The third kappa shape index (κ3) is 1.52. The van der Waals surface area contributed by atoms with Crippen LogP contribution in [-0.4, -0.2) is 10.7 Å². The Kier molecular flexibility index (Phi) is 2.53. The molecule has 1 N–H and O–H groups in total. The van der Waals surface area contributed by atoms with E-state index < -0.39 is 5.60 Å². The molecule has 1 aliphatic carbocycles. The quantitative estimate of drug-likeness (QED) is 0.592. The fraction of sp³-hybridized carbons (Fsp3) is 1.00. The van der Waals surface area contributed by atoms with Crippen LogP contribution in [0.25, 0.3) is 0 Å². The van der Waals surface area contributed by atoms with Crippen LogP contribution in [0.1, 0.15) is 53.4 Å². The Balaban J connectivity index is 2.79. The maximum absolute atomic E-state index is 10.5. The summed E-state index contributed by atoms with van der Waals surface area (Å²) in [4.78, 5) is 0. The second-order valence-electron chi connectivity index (χ2n) is 5.32. The van der Waals surface area contributed by atoms with Gasteiger partial charge in [0.05, 0.1) is 5.60 Å². The third-order valence-corrected chi connectivity index (χ3v) is 3.56. The fourth-order valence-electron chi connectivity index (χ4n) is 2.44. The Bertz CT molecular complexity index is 157. The van der Waals surface area contributed by atoms with Gasteiger partial charge in [0.25, 0.3) is 0 Å². The van der Waals surface area contributed by atoms with Crippen molar-refractivity contribution in [1.29, 1.82) is 0 Å². The number of hydrogen-bond acceptors (Lipinski definition) is 1. The first-order chi connectivity index (χ1) is 5.38. The summed E-state index contributed by atoms with van der Waals surface area (Å²) < 4.78 is 0. The van der Waals surface area contributed by atoms with Crippen molar-refractivity contribution in [2.45, 2.75) is 59.0 Å². The average Bonchev–Trinajstić information content (AvgIpc) is 1.93. The van der Waals surface area contributed by atoms with Gasteiger partial charge in [-0.1, -0.05) is 40.5 Å². The fourth-order valence-corrected chi connectivity index (χ4v) is 2.44. The Morgan fingerprint density at radius 1 is 1.25 bits per heavy atom. The van der Waals surface area contributed by atoms with Crippen LogP contribution in [0.4, 0.5) is 0 Å². The SMILES string of the molecule is C[C@H]1CCCC[C@@]1(O)C(C)(C)C. The molecule has 1 rings (SSSR count). The summed E-state index contributed by atoms with van der Waals surface area (Å²) in [7, 11) is 0. The maximum Gasteiger partial charge on any atom is 0.0721 e. The summed E-state index contributed by atoms with van der Waals surface area (Å²) in [6, 6.07) is 0. The van der Waals surface area contributed by atoms with Crippen molar-refractivity contribution in [3.63, 3.8) is 0 Å². The van der Waals surface area contributed by atoms with Crippen molar-refractivity contribution in [3.05, 3.63) is 0 Å². The van der Waals surface area contributed by atoms with E-state index in [0.717, 1.165) is 6.42 Å². The van der Waals surface area contributed by atoms with E-state index in [1.54, 1.807) is 0 Å².